The average molecular weight is 376 g/mol. The summed E-state index contributed by atoms with van der Waals surface area (Å²) in [6.07, 6.45) is 0. The van der Waals surface area contributed by atoms with Crippen LogP contribution in [-0.4, -0.2) is 43.8 Å². The molecule has 2 heterocycles. The molecule has 7 nitrogen and oxygen atoms in total. The number of ether oxygens (including phenoxy) is 3. The van der Waals surface area contributed by atoms with Crippen LogP contribution in [-0.2, 0) is 16.1 Å². The van der Waals surface area contributed by atoms with E-state index in [0.717, 1.165) is 17.1 Å². The molecule has 1 N–H and O–H groups in total. The standard InChI is InChI=1S/C18H20N2O5S/c1-3-20(9-12-4-5-14-15(8-12)25-11-24-14)10-16(21)19-13-6-7-26-17(13)18(22)23-2/h4-8H,3,9-11H2,1-2H3,(H,19,21). The van der Waals surface area contributed by atoms with Crippen LogP contribution in [0.5, 0.6) is 11.5 Å². The van der Waals surface area contributed by atoms with Crippen molar-refractivity contribution in [2.24, 2.45) is 0 Å². The molecule has 0 bridgehead atoms. The fourth-order valence-electron chi connectivity index (χ4n) is 2.63. The number of carbonyl (C=O) groups is 2. The van der Waals surface area contributed by atoms with Crippen molar-refractivity contribution in [1.82, 2.24) is 4.90 Å². The zero-order valence-electron chi connectivity index (χ0n) is 14.6. The molecular formula is C18H20N2O5S. The molecule has 1 amide bonds. The number of hydrogen-bond acceptors (Lipinski definition) is 7. The minimum Gasteiger partial charge on any atom is -0.465 e. The summed E-state index contributed by atoms with van der Waals surface area (Å²) in [5.41, 5.74) is 1.51. The van der Waals surface area contributed by atoms with Crippen LogP contribution in [0.2, 0.25) is 0 Å². The van der Waals surface area contributed by atoms with E-state index in [2.05, 4.69) is 5.32 Å². The van der Waals surface area contributed by atoms with E-state index in [9.17, 15) is 9.59 Å². The van der Waals surface area contributed by atoms with Crippen molar-refractivity contribution in [2.75, 3.05) is 32.3 Å². The SMILES string of the molecule is CCN(CC(=O)Nc1ccsc1C(=O)OC)Cc1ccc2c(c1)OCO2. The highest BCUT2D eigenvalue weighted by Gasteiger charge is 2.18. The summed E-state index contributed by atoms with van der Waals surface area (Å²) < 4.78 is 15.4. The maximum atomic E-state index is 12.4. The van der Waals surface area contributed by atoms with E-state index in [0.29, 0.717) is 23.7 Å². The molecule has 138 valence electrons. The maximum absolute atomic E-state index is 12.4. The molecule has 0 radical (unpaired) electrons. The van der Waals surface area contributed by atoms with E-state index >= 15 is 0 Å². The second-order valence-corrected chi connectivity index (χ2v) is 6.61. The predicted octanol–water partition coefficient (Wildman–Crippen LogP) is 2.72. The highest BCUT2D eigenvalue weighted by atomic mass is 32.1. The lowest BCUT2D eigenvalue weighted by molar-refractivity contribution is -0.117. The monoisotopic (exact) mass is 376 g/mol. The number of anilines is 1. The second kappa shape index (κ2) is 8.20. The van der Waals surface area contributed by atoms with Crippen LogP contribution < -0.4 is 14.8 Å². The number of amides is 1. The van der Waals surface area contributed by atoms with Gasteiger partial charge < -0.3 is 19.5 Å². The Morgan fingerprint density at radius 2 is 2.08 bits per heavy atom. The van der Waals surface area contributed by atoms with Crippen LogP contribution in [0.15, 0.2) is 29.6 Å². The molecule has 0 saturated carbocycles. The van der Waals surface area contributed by atoms with Gasteiger partial charge in [0, 0.05) is 6.54 Å². The summed E-state index contributed by atoms with van der Waals surface area (Å²) in [6, 6.07) is 7.46. The Bertz CT molecular complexity index is 805. The molecule has 8 heteroatoms. The summed E-state index contributed by atoms with van der Waals surface area (Å²) >= 11 is 1.23. The second-order valence-electron chi connectivity index (χ2n) is 5.69. The molecule has 0 atom stereocenters. The molecule has 0 saturated heterocycles. The van der Waals surface area contributed by atoms with Crippen LogP contribution in [0.25, 0.3) is 0 Å². The summed E-state index contributed by atoms with van der Waals surface area (Å²) in [7, 11) is 1.32. The normalized spacial score (nSPS) is 12.3. The van der Waals surface area contributed by atoms with Crippen molar-refractivity contribution >= 4 is 28.9 Å². The highest BCUT2D eigenvalue weighted by Crippen LogP contribution is 2.32. The van der Waals surface area contributed by atoms with Crippen molar-refractivity contribution in [3.8, 4) is 11.5 Å². The van der Waals surface area contributed by atoms with Gasteiger partial charge >= 0.3 is 5.97 Å². The predicted molar refractivity (Wildman–Crippen MR) is 97.8 cm³/mol. The number of nitrogens with zero attached hydrogens (tertiary/aromatic N) is 1. The topological polar surface area (TPSA) is 77.1 Å². The van der Waals surface area contributed by atoms with E-state index in [1.165, 1.54) is 18.4 Å². The molecule has 1 aliphatic heterocycles. The Hall–Kier alpha value is -2.58. The summed E-state index contributed by atoms with van der Waals surface area (Å²) in [5, 5.41) is 4.52. The van der Waals surface area contributed by atoms with Crippen molar-refractivity contribution in [2.45, 2.75) is 13.5 Å². The van der Waals surface area contributed by atoms with E-state index in [4.69, 9.17) is 14.2 Å². The summed E-state index contributed by atoms with van der Waals surface area (Å²) in [5.74, 6) is 0.825. The number of benzene rings is 1. The fraction of sp³-hybridized carbons (Fsp3) is 0.333. The van der Waals surface area contributed by atoms with Gasteiger partial charge in [0.25, 0.3) is 0 Å². The minimum atomic E-state index is -0.456. The fourth-order valence-corrected chi connectivity index (χ4v) is 3.39. The molecule has 1 aromatic heterocycles. The summed E-state index contributed by atoms with van der Waals surface area (Å²) in [6.45, 7) is 3.75. The zero-order valence-corrected chi connectivity index (χ0v) is 15.4. The number of rotatable bonds is 7. The van der Waals surface area contributed by atoms with E-state index < -0.39 is 5.97 Å². The Morgan fingerprint density at radius 3 is 2.85 bits per heavy atom. The lowest BCUT2D eigenvalue weighted by Gasteiger charge is -2.20. The van der Waals surface area contributed by atoms with Gasteiger partial charge in [-0.3, -0.25) is 9.69 Å². The van der Waals surface area contributed by atoms with Gasteiger partial charge in [-0.25, -0.2) is 4.79 Å². The number of methoxy groups -OCH3 is 1. The van der Waals surface area contributed by atoms with Crippen LogP contribution in [0, 0.1) is 0 Å². The number of fused-ring (bicyclic) bond motifs is 1. The Kier molecular flexibility index (Phi) is 5.75. The van der Waals surface area contributed by atoms with Crippen molar-refractivity contribution in [3.63, 3.8) is 0 Å². The van der Waals surface area contributed by atoms with Gasteiger partial charge in [-0.15, -0.1) is 11.3 Å². The Morgan fingerprint density at radius 1 is 1.27 bits per heavy atom. The summed E-state index contributed by atoms with van der Waals surface area (Å²) in [4.78, 5) is 26.5. The van der Waals surface area contributed by atoms with Crippen LogP contribution in [0.1, 0.15) is 22.2 Å². The van der Waals surface area contributed by atoms with E-state index in [1.807, 2.05) is 30.0 Å². The molecule has 2 aromatic rings. The lowest BCUT2D eigenvalue weighted by atomic mass is 10.2. The van der Waals surface area contributed by atoms with Crippen molar-refractivity contribution in [3.05, 3.63) is 40.1 Å². The number of likely N-dealkylation sites (N-methyl/N-ethyl adjacent to an activating group) is 1. The molecule has 3 rings (SSSR count). The van der Waals surface area contributed by atoms with Gasteiger partial charge in [0.05, 0.1) is 19.3 Å². The third kappa shape index (κ3) is 4.14. The highest BCUT2D eigenvalue weighted by molar-refractivity contribution is 7.12. The van der Waals surface area contributed by atoms with Crippen LogP contribution >= 0.6 is 11.3 Å². The minimum absolute atomic E-state index is 0.184. The average Bonchev–Trinajstić information content (AvgIpc) is 3.29. The van der Waals surface area contributed by atoms with Gasteiger partial charge in [0.2, 0.25) is 12.7 Å². The molecule has 0 aliphatic carbocycles. The number of hydrogen-bond donors (Lipinski definition) is 1. The zero-order chi connectivity index (χ0) is 18.5. The molecule has 0 unspecified atom stereocenters. The molecule has 0 fully saturated rings. The van der Waals surface area contributed by atoms with E-state index in [1.54, 1.807) is 11.4 Å². The van der Waals surface area contributed by atoms with Gasteiger partial charge in [0.1, 0.15) is 4.88 Å². The lowest BCUT2D eigenvalue weighted by Crippen LogP contribution is -2.33. The first-order chi connectivity index (χ1) is 12.6. The van der Waals surface area contributed by atoms with Crippen molar-refractivity contribution in [1.29, 1.82) is 0 Å². The number of thiophene rings is 1. The van der Waals surface area contributed by atoms with Gasteiger partial charge in [0.15, 0.2) is 11.5 Å². The molecule has 1 aliphatic rings. The van der Waals surface area contributed by atoms with E-state index in [-0.39, 0.29) is 19.2 Å². The largest absolute Gasteiger partial charge is 0.465 e. The molecule has 26 heavy (non-hydrogen) atoms. The number of carbonyl (C=O) groups excluding carboxylic acids is 2. The van der Waals surface area contributed by atoms with Gasteiger partial charge in [-0.1, -0.05) is 13.0 Å². The molecule has 1 aromatic carbocycles. The Balaban J connectivity index is 1.60. The quantitative estimate of drug-likeness (QED) is 0.749. The maximum Gasteiger partial charge on any atom is 0.350 e. The van der Waals surface area contributed by atoms with Gasteiger partial charge in [-0.05, 0) is 35.7 Å². The van der Waals surface area contributed by atoms with Crippen molar-refractivity contribution < 1.29 is 23.8 Å². The van der Waals surface area contributed by atoms with Crippen LogP contribution in [0.3, 0.4) is 0 Å². The smallest absolute Gasteiger partial charge is 0.350 e. The first-order valence-electron chi connectivity index (χ1n) is 8.17. The third-order valence-electron chi connectivity index (χ3n) is 3.97. The third-order valence-corrected chi connectivity index (χ3v) is 4.86. The molecular weight excluding hydrogens is 356 g/mol. The molecule has 0 spiro atoms. The first kappa shape index (κ1) is 18.2. The first-order valence-corrected chi connectivity index (χ1v) is 9.05. The Labute approximate surface area is 155 Å². The number of nitrogens with one attached hydrogen (secondary N) is 1. The van der Waals surface area contributed by atoms with Gasteiger partial charge in [-0.2, -0.15) is 0 Å². The number of esters is 1. The van der Waals surface area contributed by atoms with Crippen LogP contribution in [0.4, 0.5) is 5.69 Å².